The Kier molecular flexibility index (Phi) is 4.20. The van der Waals surface area contributed by atoms with Gasteiger partial charge in [-0.3, -0.25) is 4.79 Å². The van der Waals surface area contributed by atoms with Crippen molar-refractivity contribution in [2.45, 2.75) is 82.6 Å². The maximum Gasteiger partial charge on any atom is 0.302 e. The Labute approximate surface area is 176 Å². The third kappa shape index (κ3) is 2.07. The van der Waals surface area contributed by atoms with Crippen molar-refractivity contribution in [2.24, 2.45) is 34.0 Å². The molecule has 10 atom stereocenters. The van der Waals surface area contributed by atoms with Crippen LogP contribution in [0.4, 0.5) is 0 Å². The quantitative estimate of drug-likeness (QED) is 0.387. The van der Waals surface area contributed by atoms with Gasteiger partial charge in [0.15, 0.2) is 0 Å². The van der Waals surface area contributed by atoms with Crippen LogP contribution in [0.2, 0.25) is 0 Å². The van der Waals surface area contributed by atoms with Crippen molar-refractivity contribution >= 4 is 5.97 Å². The van der Waals surface area contributed by atoms with E-state index in [1.165, 1.54) is 6.92 Å². The summed E-state index contributed by atoms with van der Waals surface area (Å²) in [4.78, 5) is 11.4. The van der Waals surface area contributed by atoms with Gasteiger partial charge >= 0.3 is 5.97 Å². The van der Waals surface area contributed by atoms with Crippen LogP contribution in [0.3, 0.4) is 0 Å². The predicted octanol–water partition coefficient (Wildman–Crippen LogP) is -0.0654. The molecule has 6 rings (SSSR count). The Morgan fingerprint density at radius 1 is 1.13 bits per heavy atom. The minimum Gasteiger partial charge on any atom is -0.463 e. The van der Waals surface area contributed by atoms with Gasteiger partial charge in [-0.2, -0.15) is 0 Å². The maximum atomic E-state index is 11.9. The molecule has 0 aromatic heterocycles. The molecule has 4 saturated carbocycles. The molecule has 0 aromatic carbocycles. The van der Waals surface area contributed by atoms with Crippen molar-refractivity contribution < 1.29 is 39.8 Å². The third-order valence-corrected chi connectivity index (χ3v) is 9.86. The highest BCUT2D eigenvalue weighted by molar-refractivity contribution is 5.66. The number of aliphatic hydroxyl groups is 5. The van der Waals surface area contributed by atoms with Crippen molar-refractivity contribution in [1.29, 1.82) is 0 Å². The molecule has 8 heteroatoms. The number of fused-ring (bicyclic) bond motifs is 2. The highest BCUT2D eigenvalue weighted by atomic mass is 16.6. The normalized spacial score (nSPS) is 58.1. The Bertz CT molecular complexity index is 770. The summed E-state index contributed by atoms with van der Waals surface area (Å²) in [5.74, 6) is -3.74. The third-order valence-electron chi connectivity index (χ3n) is 9.86. The van der Waals surface area contributed by atoms with Crippen LogP contribution < -0.4 is 0 Å². The summed E-state index contributed by atoms with van der Waals surface area (Å²) in [5.41, 5.74) is -4.22. The van der Waals surface area contributed by atoms with E-state index in [-0.39, 0.29) is 31.0 Å². The molecule has 170 valence electrons. The number of hydrogen-bond acceptors (Lipinski definition) is 8. The predicted molar refractivity (Wildman–Crippen MR) is 103 cm³/mol. The van der Waals surface area contributed by atoms with E-state index in [2.05, 4.69) is 13.8 Å². The van der Waals surface area contributed by atoms with E-state index in [0.29, 0.717) is 19.3 Å². The van der Waals surface area contributed by atoms with E-state index in [9.17, 15) is 30.3 Å². The second kappa shape index (κ2) is 5.97. The molecule has 2 aliphatic heterocycles. The van der Waals surface area contributed by atoms with Gasteiger partial charge in [-0.15, -0.1) is 0 Å². The average Bonchev–Trinajstić information content (AvgIpc) is 2.84. The van der Waals surface area contributed by atoms with Crippen molar-refractivity contribution in [2.75, 3.05) is 13.2 Å². The molecule has 5 N–H and O–H groups in total. The van der Waals surface area contributed by atoms with Gasteiger partial charge in [0, 0.05) is 18.3 Å². The highest BCUT2D eigenvalue weighted by Gasteiger charge is 2.86. The van der Waals surface area contributed by atoms with Gasteiger partial charge in [0.1, 0.15) is 18.3 Å². The standard InChI is InChI=1S/C22H34O8/c1-11(23)29-10-21(27)12-4-5-13-19-9-30-22(28,20(13,8-12)17(21)26)16(25)15(19)18(2,3)7-6-14(19)24/h12-17,24-28H,4-10H2,1-3H3/t12-,13+,14+,15-,16+,17+,19-,20+,21-,22-/m1/s1. The van der Waals surface area contributed by atoms with Crippen molar-refractivity contribution in [1.82, 2.24) is 0 Å². The van der Waals surface area contributed by atoms with Crippen LogP contribution in [0.5, 0.6) is 0 Å². The molecule has 8 nitrogen and oxygen atoms in total. The molecule has 0 radical (unpaired) electrons. The van der Waals surface area contributed by atoms with Crippen LogP contribution in [0.15, 0.2) is 0 Å². The van der Waals surface area contributed by atoms with Gasteiger partial charge in [0.2, 0.25) is 5.79 Å². The molecule has 0 unspecified atom stereocenters. The molecular formula is C22H34O8. The summed E-state index contributed by atoms with van der Waals surface area (Å²) < 4.78 is 11.0. The van der Waals surface area contributed by atoms with Gasteiger partial charge in [0.25, 0.3) is 0 Å². The molecular weight excluding hydrogens is 392 g/mol. The smallest absolute Gasteiger partial charge is 0.302 e. The zero-order valence-corrected chi connectivity index (χ0v) is 17.9. The fourth-order valence-corrected chi connectivity index (χ4v) is 8.71. The molecule has 6 fully saturated rings. The Hall–Kier alpha value is -0.770. The summed E-state index contributed by atoms with van der Waals surface area (Å²) in [7, 11) is 0. The molecule has 0 aromatic rings. The molecule has 4 aliphatic carbocycles. The lowest BCUT2D eigenvalue weighted by atomic mass is 9.36. The van der Waals surface area contributed by atoms with Crippen LogP contribution in [0.25, 0.3) is 0 Å². The van der Waals surface area contributed by atoms with Crippen LogP contribution >= 0.6 is 0 Å². The van der Waals surface area contributed by atoms with Crippen LogP contribution in [0.1, 0.15) is 52.9 Å². The van der Waals surface area contributed by atoms with Crippen LogP contribution in [0, 0.1) is 34.0 Å². The summed E-state index contributed by atoms with van der Waals surface area (Å²) in [6.07, 6.45) is -0.819. The van der Waals surface area contributed by atoms with Crippen molar-refractivity contribution in [3.63, 3.8) is 0 Å². The number of aliphatic hydroxyl groups excluding tert-OH is 3. The number of carbonyl (C=O) groups is 1. The monoisotopic (exact) mass is 426 g/mol. The number of hydrogen-bond donors (Lipinski definition) is 5. The highest BCUT2D eigenvalue weighted by Crippen LogP contribution is 2.77. The number of rotatable bonds is 2. The molecule has 6 aliphatic rings. The zero-order valence-electron chi connectivity index (χ0n) is 17.9. The molecule has 30 heavy (non-hydrogen) atoms. The molecule has 4 bridgehead atoms. The van der Waals surface area contributed by atoms with E-state index in [4.69, 9.17) is 9.47 Å². The van der Waals surface area contributed by atoms with E-state index in [1.807, 2.05) is 0 Å². The first-order valence-corrected chi connectivity index (χ1v) is 11.1. The lowest BCUT2D eigenvalue weighted by Crippen LogP contribution is -2.84. The van der Waals surface area contributed by atoms with Gasteiger partial charge < -0.3 is 35.0 Å². The second-order valence-corrected chi connectivity index (χ2v) is 11.3. The number of ether oxygens (including phenoxy) is 2. The average molecular weight is 427 g/mol. The maximum absolute atomic E-state index is 11.9. The number of esters is 1. The largest absolute Gasteiger partial charge is 0.463 e. The van der Waals surface area contributed by atoms with Crippen LogP contribution in [-0.4, -0.2) is 74.4 Å². The van der Waals surface area contributed by atoms with Crippen molar-refractivity contribution in [3.8, 4) is 0 Å². The van der Waals surface area contributed by atoms with E-state index in [1.54, 1.807) is 0 Å². The van der Waals surface area contributed by atoms with E-state index in [0.717, 1.165) is 6.42 Å². The van der Waals surface area contributed by atoms with Gasteiger partial charge in [-0.25, -0.2) is 0 Å². The summed E-state index contributed by atoms with van der Waals surface area (Å²) in [6.45, 7) is 5.09. The van der Waals surface area contributed by atoms with E-state index < -0.39 is 58.3 Å². The minimum atomic E-state index is -2.04. The Morgan fingerprint density at radius 3 is 2.50 bits per heavy atom. The first-order valence-electron chi connectivity index (χ1n) is 11.1. The molecule has 2 saturated heterocycles. The zero-order chi connectivity index (χ0) is 21.9. The molecule has 2 spiro atoms. The minimum absolute atomic E-state index is 0.113. The fraction of sp³-hybridized carbons (Fsp3) is 0.955. The Balaban J connectivity index is 1.67. The van der Waals surface area contributed by atoms with Gasteiger partial charge in [0.05, 0.1) is 24.2 Å². The first kappa shape index (κ1) is 21.1. The fourth-order valence-electron chi connectivity index (χ4n) is 8.71. The van der Waals surface area contributed by atoms with Gasteiger partial charge in [-0.1, -0.05) is 13.8 Å². The summed E-state index contributed by atoms with van der Waals surface area (Å²) in [5, 5.41) is 57.7. The summed E-state index contributed by atoms with van der Waals surface area (Å²) in [6, 6.07) is 0. The van der Waals surface area contributed by atoms with Crippen molar-refractivity contribution in [3.05, 3.63) is 0 Å². The SMILES string of the molecule is CC(=O)OC[C@@]1(O)[C@@H]2CC[C@H]3[C@@]45CO[C@](O)([C@@H](O)[C@@H]4C(C)(C)CC[C@@H]5O)[C@]3(C2)[C@@H]1O. The van der Waals surface area contributed by atoms with Gasteiger partial charge in [-0.05, 0) is 49.4 Å². The van der Waals surface area contributed by atoms with Crippen LogP contribution in [-0.2, 0) is 14.3 Å². The summed E-state index contributed by atoms with van der Waals surface area (Å²) >= 11 is 0. The topological polar surface area (TPSA) is 137 Å². The Morgan fingerprint density at radius 2 is 1.83 bits per heavy atom. The van der Waals surface area contributed by atoms with E-state index >= 15 is 0 Å². The number of carbonyl (C=O) groups excluding carboxylic acids is 1. The molecule has 2 heterocycles. The second-order valence-electron chi connectivity index (χ2n) is 11.3. The lowest BCUT2D eigenvalue weighted by molar-refractivity contribution is -0.468. The molecule has 0 amide bonds. The first-order chi connectivity index (χ1) is 13.9. The lowest BCUT2D eigenvalue weighted by Gasteiger charge is -2.75.